The van der Waals surface area contributed by atoms with E-state index >= 15 is 0 Å². The van der Waals surface area contributed by atoms with Gasteiger partial charge >= 0.3 is 0 Å². The molecule has 6 heteroatoms. The van der Waals surface area contributed by atoms with Crippen molar-refractivity contribution in [2.24, 2.45) is 0 Å². The molecule has 146 valence electrons. The monoisotopic (exact) mass is 384 g/mol. The summed E-state index contributed by atoms with van der Waals surface area (Å²) in [6.07, 6.45) is 2.50. The lowest BCUT2D eigenvalue weighted by atomic mass is 10.1. The minimum absolute atomic E-state index is 0.454. The third kappa shape index (κ3) is 4.20. The zero-order valence-corrected chi connectivity index (χ0v) is 16.5. The summed E-state index contributed by atoms with van der Waals surface area (Å²) in [5, 5.41) is 17.1. The van der Waals surface area contributed by atoms with Crippen molar-refractivity contribution in [3.8, 4) is 17.3 Å². The first kappa shape index (κ1) is 18.9. The van der Waals surface area contributed by atoms with Crippen LogP contribution in [0.25, 0.3) is 22.3 Å². The maximum absolute atomic E-state index is 8.87. The number of hydrogen-bond acceptors (Lipinski definition) is 4. The van der Waals surface area contributed by atoms with Crippen LogP contribution in [0.3, 0.4) is 0 Å². The summed E-state index contributed by atoms with van der Waals surface area (Å²) in [6, 6.07) is 20.6. The van der Waals surface area contributed by atoms with Gasteiger partial charge in [-0.3, -0.25) is 4.68 Å². The van der Waals surface area contributed by atoms with Crippen molar-refractivity contribution in [1.29, 1.82) is 5.26 Å². The van der Waals surface area contributed by atoms with Gasteiger partial charge in [0.1, 0.15) is 5.82 Å². The van der Waals surface area contributed by atoms with Crippen LogP contribution in [-0.4, -0.2) is 25.9 Å². The van der Waals surface area contributed by atoms with E-state index in [0.29, 0.717) is 13.0 Å². The van der Waals surface area contributed by atoms with Crippen LogP contribution in [0.4, 0.5) is 0 Å². The second kappa shape index (κ2) is 8.72. The smallest absolute Gasteiger partial charge is 0.106 e. The molecule has 29 heavy (non-hydrogen) atoms. The lowest BCUT2D eigenvalue weighted by Gasteiger charge is -2.09. The molecule has 2 heterocycles. The molecule has 0 radical (unpaired) electrons. The van der Waals surface area contributed by atoms with Gasteiger partial charge in [0.05, 0.1) is 35.8 Å². The molecule has 0 aliphatic rings. The molecule has 6 nitrogen and oxygen atoms in total. The van der Waals surface area contributed by atoms with Gasteiger partial charge in [0, 0.05) is 37.0 Å². The predicted molar refractivity (Wildman–Crippen MR) is 114 cm³/mol. The highest BCUT2D eigenvalue weighted by Gasteiger charge is 2.11. The van der Waals surface area contributed by atoms with E-state index in [4.69, 9.17) is 10.4 Å². The molecular formula is C23H24N6. The average Bonchev–Trinajstić information content (AvgIpc) is 3.30. The molecule has 0 aliphatic heterocycles. The number of aromatic nitrogens is 4. The third-order valence-electron chi connectivity index (χ3n) is 5.01. The van der Waals surface area contributed by atoms with Gasteiger partial charge in [-0.05, 0) is 19.1 Å². The molecule has 0 amide bonds. The summed E-state index contributed by atoms with van der Waals surface area (Å²) in [4.78, 5) is 4.63. The molecule has 4 aromatic rings. The quantitative estimate of drug-likeness (QED) is 0.468. The molecule has 0 spiro atoms. The van der Waals surface area contributed by atoms with Crippen molar-refractivity contribution in [2.75, 3.05) is 6.54 Å². The maximum Gasteiger partial charge on any atom is 0.106 e. The Hall–Kier alpha value is -3.43. The van der Waals surface area contributed by atoms with E-state index in [2.05, 4.69) is 45.2 Å². The second-order valence-corrected chi connectivity index (χ2v) is 7.02. The van der Waals surface area contributed by atoms with Crippen LogP contribution >= 0.6 is 0 Å². The fourth-order valence-electron chi connectivity index (χ4n) is 3.60. The number of aryl methyl sites for hydroxylation is 2. The number of rotatable bonds is 8. The zero-order chi connectivity index (χ0) is 20.1. The Kier molecular flexibility index (Phi) is 5.68. The number of benzene rings is 2. The van der Waals surface area contributed by atoms with Crippen molar-refractivity contribution < 1.29 is 0 Å². The van der Waals surface area contributed by atoms with E-state index in [-0.39, 0.29) is 0 Å². The first-order valence-electron chi connectivity index (χ1n) is 9.87. The molecular weight excluding hydrogens is 360 g/mol. The molecule has 1 N–H and O–H groups in total. The number of nitrogens with one attached hydrogen (secondary N) is 1. The molecule has 0 bridgehead atoms. The van der Waals surface area contributed by atoms with Crippen LogP contribution in [0.5, 0.6) is 0 Å². The Morgan fingerprint density at radius 2 is 1.83 bits per heavy atom. The van der Waals surface area contributed by atoms with Crippen LogP contribution in [-0.2, 0) is 19.6 Å². The summed E-state index contributed by atoms with van der Waals surface area (Å²) in [5.74, 6) is 1.03. The second-order valence-electron chi connectivity index (χ2n) is 7.02. The summed E-state index contributed by atoms with van der Waals surface area (Å²) in [7, 11) is 0. The summed E-state index contributed by atoms with van der Waals surface area (Å²) < 4.78 is 4.12. The molecule has 2 aromatic carbocycles. The van der Waals surface area contributed by atoms with Gasteiger partial charge in [-0.1, -0.05) is 42.5 Å². The van der Waals surface area contributed by atoms with Crippen molar-refractivity contribution in [3.63, 3.8) is 0 Å². The number of nitrogens with zero attached hydrogens (tertiary/aromatic N) is 5. The lowest BCUT2D eigenvalue weighted by Crippen LogP contribution is -2.20. The van der Waals surface area contributed by atoms with Crippen molar-refractivity contribution >= 4 is 11.0 Å². The minimum atomic E-state index is 0.454. The fraction of sp³-hybridized carbons (Fsp3) is 0.261. The largest absolute Gasteiger partial charge is 0.327 e. The maximum atomic E-state index is 8.87. The third-order valence-corrected chi connectivity index (χ3v) is 5.01. The summed E-state index contributed by atoms with van der Waals surface area (Å²) >= 11 is 0. The van der Waals surface area contributed by atoms with Gasteiger partial charge in [0.15, 0.2) is 0 Å². The molecule has 0 saturated carbocycles. The highest BCUT2D eigenvalue weighted by Crippen LogP contribution is 2.22. The number of nitriles is 1. The van der Waals surface area contributed by atoms with Crippen LogP contribution in [0.1, 0.15) is 17.8 Å². The molecule has 0 atom stereocenters. The Balaban J connectivity index is 1.45. The van der Waals surface area contributed by atoms with Crippen LogP contribution in [0, 0.1) is 18.3 Å². The van der Waals surface area contributed by atoms with Gasteiger partial charge in [-0.25, -0.2) is 4.98 Å². The molecule has 0 aliphatic carbocycles. The Morgan fingerprint density at radius 3 is 2.66 bits per heavy atom. The highest BCUT2D eigenvalue weighted by molar-refractivity contribution is 5.75. The van der Waals surface area contributed by atoms with Gasteiger partial charge in [0.2, 0.25) is 0 Å². The van der Waals surface area contributed by atoms with Gasteiger partial charge in [0.25, 0.3) is 0 Å². The normalized spacial score (nSPS) is 11.0. The zero-order valence-electron chi connectivity index (χ0n) is 16.5. The lowest BCUT2D eigenvalue weighted by molar-refractivity contribution is 0.595. The number of hydrogen-bond donors (Lipinski definition) is 1. The molecule has 2 aromatic heterocycles. The molecule has 0 saturated heterocycles. The van der Waals surface area contributed by atoms with E-state index in [0.717, 1.165) is 47.8 Å². The van der Waals surface area contributed by atoms with Gasteiger partial charge in [-0.2, -0.15) is 10.4 Å². The molecule has 4 rings (SSSR count). The Bertz CT molecular complexity index is 1130. The highest BCUT2D eigenvalue weighted by atomic mass is 15.3. The van der Waals surface area contributed by atoms with Gasteiger partial charge < -0.3 is 9.88 Å². The fourth-order valence-corrected chi connectivity index (χ4v) is 3.60. The Labute approximate surface area is 170 Å². The van der Waals surface area contributed by atoms with Crippen molar-refractivity contribution in [2.45, 2.75) is 33.0 Å². The van der Waals surface area contributed by atoms with Crippen LogP contribution < -0.4 is 5.32 Å². The predicted octanol–water partition coefficient (Wildman–Crippen LogP) is 3.91. The van der Waals surface area contributed by atoms with E-state index in [9.17, 15) is 0 Å². The number of fused-ring (bicyclic) bond motifs is 1. The van der Waals surface area contributed by atoms with E-state index < -0.39 is 0 Å². The van der Waals surface area contributed by atoms with E-state index in [1.165, 1.54) is 5.52 Å². The van der Waals surface area contributed by atoms with Gasteiger partial charge in [-0.15, -0.1) is 0 Å². The SMILES string of the molecule is Cc1nc2ccccc2n1CCNCc1cn(CCC#N)nc1-c1ccccc1. The Morgan fingerprint density at radius 1 is 1.03 bits per heavy atom. The minimum Gasteiger partial charge on any atom is -0.327 e. The van der Waals surface area contributed by atoms with E-state index in [1.54, 1.807) is 0 Å². The first-order chi connectivity index (χ1) is 14.3. The standard InChI is InChI=1S/C23H24N6/c1-18-26-21-10-5-6-11-22(21)29(18)15-13-25-16-20-17-28(14-7-12-24)27-23(20)19-8-3-2-4-9-19/h2-6,8-11,17,25H,7,13-16H2,1H3. The van der Waals surface area contributed by atoms with E-state index in [1.807, 2.05) is 48.1 Å². The van der Waals surface area contributed by atoms with Crippen molar-refractivity contribution in [3.05, 3.63) is 72.2 Å². The molecule has 0 fully saturated rings. The summed E-state index contributed by atoms with van der Waals surface area (Å²) in [5.41, 5.74) is 5.41. The topological polar surface area (TPSA) is 71.5 Å². The molecule has 0 unspecified atom stereocenters. The van der Waals surface area contributed by atoms with Crippen molar-refractivity contribution in [1.82, 2.24) is 24.6 Å². The average molecular weight is 384 g/mol. The van der Waals surface area contributed by atoms with Crippen LogP contribution in [0.2, 0.25) is 0 Å². The number of imidazole rings is 1. The van der Waals surface area contributed by atoms with Crippen LogP contribution in [0.15, 0.2) is 60.8 Å². The number of para-hydroxylation sites is 2. The first-order valence-corrected chi connectivity index (χ1v) is 9.87. The summed E-state index contributed by atoms with van der Waals surface area (Å²) in [6.45, 7) is 5.07.